The topological polar surface area (TPSA) is 39.9 Å². The smallest absolute Gasteiger partial charge is 0.144 e. The number of aromatic nitrogens is 1. The summed E-state index contributed by atoms with van der Waals surface area (Å²) in [6.45, 7) is 1.48. The Hall–Kier alpha value is -0.790. The van der Waals surface area contributed by atoms with Crippen LogP contribution < -0.4 is 4.90 Å². The molecule has 0 aliphatic carbocycles. The van der Waals surface area contributed by atoms with Gasteiger partial charge in [-0.3, -0.25) is 0 Å². The van der Waals surface area contributed by atoms with Crippen LogP contribution in [-0.4, -0.2) is 18.1 Å². The van der Waals surface area contributed by atoms with Gasteiger partial charge in [-0.15, -0.1) is 0 Å². The Morgan fingerprint density at radius 1 is 1.57 bits per heavy atom. The minimum atomic E-state index is 0.127. The fourth-order valence-corrected chi connectivity index (χ4v) is 1.98. The molecule has 0 unspecified atom stereocenters. The van der Waals surface area contributed by atoms with E-state index in [1.807, 2.05) is 11.0 Å². The Labute approximate surface area is 95.4 Å². The van der Waals surface area contributed by atoms with Crippen LogP contribution in [-0.2, 0) is 0 Å². The van der Waals surface area contributed by atoms with Crippen LogP contribution in [0.4, 0.5) is 5.82 Å². The van der Waals surface area contributed by atoms with Crippen LogP contribution >= 0.6 is 27.5 Å². The molecule has 0 bridgehead atoms. The zero-order chi connectivity index (χ0) is 10.1. The number of hydrogen-bond donors (Lipinski definition) is 0. The molecular formula is C9H7BrClN3. The van der Waals surface area contributed by atoms with Crippen LogP contribution in [0.25, 0.3) is 0 Å². The third-order valence-corrected chi connectivity index (χ3v) is 2.99. The van der Waals surface area contributed by atoms with Gasteiger partial charge in [0.25, 0.3) is 0 Å². The zero-order valence-electron chi connectivity index (χ0n) is 7.24. The van der Waals surface area contributed by atoms with E-state index in [9.17, 15) is 0 Å². The van der Waals surface area contributed by atoms with E-state index >= 15 is 0 Å². The van der Waals surface area contributed by atoms with Crippen molar-refractivity contribution in [2.24, 2.45) is 5.92 Å². The van der Waals surface area contributed by atoms with Crippen molar-refractivity contribution < 1.29 is 0 Å². The summed E-state index contributed by atoms with van der Waals surface area (Å²) >= 11 is 9.19. The van der Waals surface area contributed by atoms with E-state index in [2.05, 4.69) is 27.0 Å². The number of halogens is 2. The van der Waals surface area contributed by atoms with Crippen LogP contribution in [0.3, 0.4) is 0 Å². The standard InChI is InChI=1S/C9H7BrClN3/c10-7-1-2-8(11)13-9(7)14-4-6(3-12)5-14/h1-2,6H,4-5H2. The van der Waals surface area contributed by atoms with Gasteiger partial charge in [0.2, 0.25) is 0 Å². The molecule has 3 nitrogen and oxygen atoms in total. The molecule has 0 amide bonds. The number of nitrogens with zero attached hydrogens (tertiary/aromatic N) is 3. The maximum atomic E-state index is 8.64. The van der Waals surface area contributed by atoms with Crippen molar-refractivity contribution in [3.8, 4) is 6.07 Å². The minimum Gasteiger partial charge on any atom is -0.353 e. The number of hydrogen-bond acceptors (Lipinski definition) is 3. The predicted octanol–water partition coefficient (Wildman–Crippen LogP) is 2.46. The van der Waals surface area contributed by atoms with Crippen molar-refractivity contribution in [2.45, 2.75) is 0 Å². The Morgan fingerprint density at radius 3 is 2.93 bits per heavy atom. The second-order valence-electron chi connectivity index (χ2n) is 3.17. The fourth-order valence-electron chi connectivity index (χ4n) is 1.36. The Bertz CT molecular complexity index is 396. The third-order valence-electron chi connectivity index (χ3n) is 2.16. The van der Waals surface area contributed by atoms with E-state index in [1.165, 1.54) is 0 Å². The van der Waals surface area contributed by atoms with E-state index < -0.39 is 0 Å². The monoisotopic (exact) mass is 271 g/mol. The summed E-state index contributed by atoms with van der Waals surface area (Å²) in [5.74, 6) is 0.951. The molecule has 72 valence electrons. The summed E-state index contributed by atoms with van der Waals surface area (Å²) in [5, 5.41) is 9.12. The van der Waals surface area contributed by atoms with Crippen LogP contribution in [0.2, 0.25) is 5.15 Å². The molecule has 1 fully saturated rings. The maximum absolute atomic E-state index is 8.64. The molecule has 5 heteroatoms. The van der Waals surface area contributed by atoms with Gasteiger partial charge in [0.05, 0.1) is 16.5 Å². The average Bonchev–Trinajstić information content (AvgIpc) is 2.09. The molecular weight excluding hydrogens is 265 g/mol. The van der Waals surface area contributed by atoms with Gasteiger partial charge in [-0.25, -0.2) is 4.98 Å². The van der Waals surface area contributed by atoms with E-state index in [-0.39, 0.29) is 5.92 Å². The lowest BCUT2D eigenvalue weighted by Crippen LogP contribution is -2.46. The van der Waals surface area contributed by atoms with Gasteiger partial charge in [0.15, 0.2) is 0 Å². The van der Waals surface area contributed by atoms with Crippen molar-refractivity contribution in [3.63, 3.8) is 0 Å². The molecule has 0 aromatic carbocycles. The van der Waals surface area contributed by atoms with Crippen LogP contribution in [0.5, 0.6) is 0 Å². The van der Waals surface area contributed by atoms with E-state index in [0.717, 1.165) is 23.4 Å². The fraction of sp³-hybridized carbons (Fsp3) is 0.333. The molecule has 0 N–H and O–H groups in total. The van der Waals surface area contributed by atoms with Gasteiger partial charge >= 0.3 is 0 Å². The molecule has 0 atom stereocenters. The van der Waals surface area contributed by atoms with Crippen molar-refractivity contribution in [2.75, 3.05) is 18.0 Å². The number of anilines is 1. The summed E-state index contributed by atoms with van der Waals surface area (Å²) in [4.78, 5) is 6.23. The molecule has 1 saturated heterocycles. The molecule has 2 rings (SSSR count). The van der Waals surface area contributed by atoms with Crippen molar-refractivity contribution in [1.29, 1.82) is 5.26 Å². The molecule has 1 aromatic rings. The molecule has 1 aromatic heterocycles. The summed E-state index contributed by atoms with van der Waals surface area (Å²) in [7, 11) is 0. The Morgan fingerprint density at radius 2 is 2.29 bits per heavy atom. The average molecular weight is 273 g/mol. The largest absolute Gasteiger partial charge is 0.353 e. The molecule has 0 spiro atoms. The third kappa shape index (κ3) is 1.70. The van der Waals surface area contributed by atoms with Crippen LogP contribution in [0.1, 0.15) is 0 Å². The van der Waals surface area contributed by atoms with Crippen molar-refractivity contribution in [1.82, 2.24) is 4.98 Å². The molecule has 2 heterocycles. The first kappa shape index (κ1) is 9.75. The summed E-state index contributed by atoms with van der Waals surface area (Å²) < 4.78 is 0.915. The second kappa shape index (κ2) is 3.76. The van der Waals surface area contributed by atoms with Gasteiger partial charge in [0, 0.05) is 13.1 Å². The first-order valence-corrected chi connectivity index (χ1v) is 5.34. The lowest BCUT2D eigenvalue weighted by Gasteiger charge is -2.36. The first-order valence-electron chi connectivity index (χ1n) is 4.17. The van der Waals surface area contributed by atoms with Crippen LogP contribution in [0, 0.1) is 17.2 Å². The highest BCUT2D eigenvalue weighted by atomic mass is 79.9. The molecule has 14 heavy (non-hydrogen) atoms. The zero-order valence-corrected chi connectivity index (χ0v) is 9.59. The second-order valence-corrected chi connectivity index (χ2v) is 4.41. The highest BCUT2D eigenvalue weighted by Gasteiger charge is 2.28. The van der Waals surface area contributed by atoms with Crippen LogP contribution in [0.15, 0.2) is 16.6 Å². The molecule has 0 saturated carbocycles. The predicted molar refractivity (Wildman–Crippen MR) is 58.3 cm³/mol. The van der Waals surface area contributed by atoms with E-state index in [4.69, 9.17) is 16.9 Å². The van der Waals surface area contributed by atoms with Gasteiger partial charge in [0.1, 0.15) is 11.0 Å². The van der Waals surface area contributed by atoms with E-state index in [0.29, 0.717) is 5.15 Å². The highest BCUT2D eigenvalue weighted by molar-refractivity contribution is 9.10. The number of nitriles is 1. The number of pyridine rings is 1. The lowest BCUT2D eigenvalue weighted by molar-refractivity contribution is 0.499. The summed E-state index contributed by atoms with van der Waals surface area (Å²) in [6, 6.07) is 5.82. The molecule has 1 aliphatic rings. The van der Waals surface area contributed by atoms with Crippen molar-refractivity contribution >= 4 is 33.3 Å². The molecule has 1 aliphatic heterocycles. The van der Waals surface area contributed by atoms with Gasteiger partial charge < -0.3 is 4.90 Å². The van der Waals surface area contributed by atoms with E-state index in [1.54, 1.807) is 6.07 Å². The Kier molecular flexibility index (Phi) is 2.62. The normalized spacial score (nSPS) is 16.2. The molecule has 0 radical (unpaired) electrons. The minimum absolute atomic E-state index is 0.127. The van der Waals surface area contributed by atoms with Crippen molar-refractivity contribution in [3.05, 3.63) is 21.8 Å². The summed E-state index contributed by atoms with van der Waals surface area (Å²) in [5.41, 5.74) is 0. The first-order chi connectivity index (χ1) is 6.70. The quantitative estimate of drug-likeness (QED) is 0.737. The maximum Gasteiger partial charge on any atom is 0.144 e. The van der Waals surface area contributed by atoms with Gasteiger partial charge in [-0.1, -0.05) is 11.6 Å². The highest BCUT2D eigenvalue weighted by Crippen LogP contribution is 2.30. The number of rotatable bonds is 1. The summed E-state index contributed by atoms with van der Waals surface area (Å²) in [6.07, 6.45) is 0. The Balaban J connectivity index is 2.18. The SMILES string of the molecule is N#CC1CN(c2nc(Cl)ccc2Br)C1. The van der Waals surface area contributed by atoms with Gasteiger partial charge in [-0.2, -0.15) is 5.26 Å². The lowest BCUT2D eigenvalue weighted by atomic mass is 10.0. The van der Waals surface area contributed by atoms with Gasteiger partial charge in [-0.05, 0) is 28.1 Å².